The zero-order valence-electron chi connectivity index (χ0n) is 14.4. The van der Waals surface area contributed by atoms with Gasteiger partial charge in [0.1, 0.15) is 0 Å². The molecule has 1 aromatic carbocycles. The highest BCUT2D eigenvalue weighted by Gasteiger charge is 2.66. The minimum absolute atomic E-state index is 0.0836. The Morgan fingerprint density at radius 3 is 2.37 bits per heavy atom. The SMILES string of the molecule is O=C(CCN1C(=O)[C@@H]2[C@H]3C=C[C@@H]([C@@H]4C[C@@H]34)[C@H]2C1=O)Nc1ccc(Br)c(Cl)c1. The lowest BCUT2D eigenvalue weighted by Gasteiger charge is -2.37. The third-order valence-corrected chi connectivity index (χ3v) is 7.75. The van der Waals surface area contributed by atoms with Gasteiger partial charge in [0.25, 0.3) is 0 Å². The predicted molar refractivity (Wildman–Crippen MR) is 104 cm³/mol. The van der Waals surface area contributed by atoms with Gasteiger partial charge in [-0.3, -0.25) is 19.3 Å². The van der Waals surface area contributed by atoms with Crippen LogP contribution in [0.1, 0.15) is 12.8 Å². The molecule has 2 bridgehead atoms. The first-order valence-corrected chi connectivity index (χ1v) is 10.4. The van der Waals surface area contributed by atoms with Gasteiger partial charge in [0.15, 0.2) is 0 Å². The van der Waals surface area contributed by atoms with Gasteiger partial charge in [0, 0.05) is 23.1 Å². The first-order valence-electron chi connectivity index (χ1n) is 9.24. The van der Waals surface area contributed by atoms with Gasteiger partial charge in [-0.05, 0) is 64.2 Å². The number of nitrogens with zero attached hydrogens (tertiary/aromatic N) is 1. The van der Waals surface area contributed by atoms with Gasteiger partial charge >= 0.3 is 0 Å². The fourth-order valence-corrected chi connectivity index (χ4v) is 5.68. The highest BCUT2D eigenvalue weighted by molar-refractivity contribution is 9.10. The number of rotatable bonds is 4. The van der Waals surface area contributed by atoms with Crippen molar-refractivity contribution in [2.75, 3.05) is 11.9 Å². The van der Waals surface area contributed by atoms with Crippen LogP contribution >= 0.6 is 27.5 Å². The van der Waals surface area contributed by atoms with Gasteiger partial charge in [0.05, 0.1) is 16.9 Å². The third kappa shape index (κ3) is 2.68. The van der Waals surface area contributed by atoms with Crippen molar-refractivity contribution in [3.8, 4) is 0 Å². The molecule has 5 aliphatic rings. The number of anilines is 1. The summed E-state index contributed by atoms with van der Waals surface area (Å²) >= 11 is 9.34. The second-order valence-corrected chi connectivity index (χ2v) is 9.17. The van der Waals surface area contributed by atoms with Gasteiger partial charge in [-0.2, -0.15) is 0 Å². The van der Waals surface area contributed by atoms with Gasteiger partial charge in [0.2, 0.25) is 17.7 Å². The molecule has 1 aliphatic heterocycles. The lowest BCUT2D eigenvalue weighted by molar-refractivity contribution is -0.140. The van der Waals surface area contributed by atoms with Gasteiger partial charge in [-0.1, -0.05) is 23.8 Å². The maximum absolute atomic E-state index is 12.9. The van der Waals surface area contributed by atoms with E-state index in [0.29, 0.717) is 22.5 Å². The monoisotopic (exact) mass is 448 g/mol. The molecule has 3 fully saturated rings. The number of halogens is 2. The van der Waals surface area contributed by atoms with E-state index in [1.807, 2.05) is 0 Å². The molecule has 1 aromatic rings. The Balaban J connectivity index is 1.24. The molecule has 5 nitrogen and oxygen atoms in total. The summed E-state index contributed by atoms with van der Waals surface area (Å²) in [6.07, 6.45) is 5.53. The fourth-order valence-electron chi connectivity index (χ4n) is 5.25. The molecular formula is C20H18BrClN2O3. The highest BCUT2D eigenvalue weighted by atomic mass is 79.9. The summed E-state index contributed by atoms with van der Waals surface area (Å²) in [5.74, 6) is 0.771. The Hall–Kier alpha value is -1.66. The number of benzene rings is 1. The van der Waals surface area contributed by atoms with E-state index in [2.05, 4.69) is 33.4 Å². The van der Waals surface area contributed by atoms with E-state index in [0.717, 1.165) is 10.9 Å². The van der Waals surface area contributed by atoms with Crippen LogP contribution in [-0.4, -0.2) is 29.2 Å². The van der Waals surface area contributed by atoms with E-state index < -0.39 is 0 Å². The number of imide groups is 1. The predicted octanol–water partition coefficient (Wildman–Crippen LogP) is 3.48. The van der Waals surface area contributed by atoms with Crippen LogP contribution < -0.4 is 5.32 Å². The smallest absolute Gasteiger partial charge is 0.233 e. The minimum atomic E-state index is -0.243. The number of nitrogens with one attached hydrogen (secondary N) is 1. The van der Waals surface area contributed by atoms with Crippen molar-refractivity contribution in [2.45, 2.75) is 12.8 Å². The van der Waals surface area contributed by atoms with E-state index >= 15 is 0 Å². The number of hydrogen-bond acceptors (Lipinski definition) is 3. The second kappa shape index (κ2) is 6.17. The average Bonchev–Trinajstić information content (AvgIpc) is 3.42. The van der Waals surface area contributed by atoms with Crippen molar-refractivity contribution < 1.29 is 14.4 Å². The van der Waals surface area contributed by atoms with Crippen LogP contribution in [0.5, 0.6) is 0 Å². The number of carbonyl (C=O) groups is 3. The topological polar surface area (TPSA) is 66.5 Å². The molecule has 0 radical (unpaired) electrons. The molecule has 6 atom stereocenters. The Labute approximate surface area is 170 Å². The van der Waals surface area contributed by atoms with Crippen molar-refractivity contribution in [2.24, 2.45) is 35.5 Å². The largest absolute Gasteiger partial charge is 0.326 e. The zero-order chi connectivity index (χ0) is 18.9. The standard InChI is InChI=1S/C20H18BrClN2O3/c21-14-4-1-9(7-15(14)22)23-16(25)5-6-24-19(26)17-10-2-3-11(13-8-12(10)13)18(17)20(24)27/h1-4,7,10-13,17-18H,5-6,8H2,(H,23,25)/t10-,11-,12-,13-,17+,18+/m0/s1. The molecule has 0 aromatic heterocycles. The van der Waals surface area contributed by atoms with Crippen molar-refractivity contribution in [3.63, 3.8) is 0 Å². The minimum Gasteiger partial charge on any atom is -0.326 e. The van der Waals surface area contributed by atoms with Crippen molar-refractivity contribution >= 4 is 50.9 Å². The molecule has 2 saturated carbocycles. The molecule has 3 amide bonds. The molecule has 140 valence electrons. The summed E-state index contributed by atoms with van der Waals surface area (Å²) < 4.78 is 0.749. The van der Waals surface area contributed by atoms with Crippen LogP contribution in [0.25, 0.3) is 0 Å². The lowest BCUT2D eigenvalue weighted by Crippen LogP contribution is -2.40. The molecule has 1 N–H and O–H groups in total. The molecule has 4 aliphatic carbocycles. The average molecular weight is 450 g/mol. The zero-order valence-corrected chi connectivity index (χ0v) is 16.7. The van der Waals surface area contributed by atoms with Crippen LogP contribution in [0.2, 0.25) is 5.02 Å². The Morgan fingerprint density at radius 1 is 1.15 bits per heavy atom. The van der Waals surface area contributed by atoms with Crippen LogP contribution in [0.4, 0.5) is 5.69 Å². The van der Waals surface area contributed by atoms with Crippen LogP contribution in [-0.2, 0) is 14.4 Å². The first-order chi connectivity index (χ1) is 13.0. The van der Waals surface area contributed by atoms with Crippen molar-refractivity contribution in [1.82, 2.24) is 4.90 Å². The maximum Gasteiger partial charge on any atom is 0.233 e. The molecular weight excluding hydrogens is 432 g/mol. The molecule has 1 heterocycles. The number of likely N-dealkylation sites (tertiary alicyclic amines) is 1. The first kappa shape index (κ1) is 17.4. The molecule has 27 heavy (non-hydrogen) atoms. The Bertz CT molecular complexity index is 865. The van der Waals surface area contributed by atoms with Crippen LogP contribution in [0.15, 0.2) is 34.8 Å². The second-order valence-electron chi connectivity index (χ2n) is 7.91. The van der Waals surface area contributed by atoms with Crippen LogP contribution in [0, 0.1) is 35.5 Å². The molecule has 6 rings (SSSR count). The van der Waals surface area contributed by atoms with Gasteiger partial charge in [-0.15, -0.1) is 0 Å². The van der Waals surface area contributed by atoms with Crippen molar-refractivity contribution in [3.05, 3.63) is 39.8 Å². The summed E-state index contributed by atoms with van der Waals surface area (Å²) in [4.78, 5) is 39.3. The lowest BCUT2D eigenvalue weighted by atomic mass is 9.63. The summed E-state index contributed by atoms with van der Waals surface area (Å²) in [7, 11) is 0. The number of hydrogen-bond donors (Lipinski definition) is 1. The summed E-state index contributed by atoms with van der Waals surface area (Å²) in [5, 5.41) is 3.27. The van der Waals surface area contributed by atoms with Gasteiger partial charge < -0.3 is 5.32 Å². The summed E-state index contributed by atoms with van der Waals surface area (Å²) in [5.41, 5.74) is 0.586. The highest BCUT2D eigenvalue weighted by Crippen LogP contribution is 2.65. The number of carbonyl (C=O) groups excluding carboxylic acids is 3. The third-order valence-electron chi connectivity index (χ3n) is 6.52. The van der Waals surface area contributed by atoms with E-state index in [9.17, 15) is 14.4 Å². The quantitative estimate of drug-likeness (QED) is 0.565. The molecule has 7 heteroatoms. The Kier molecular flexibility index (Phi) is 3.99. The fraction of sp³-hybridized carbons (Fsp3) is 0.450. The molecule has 0 spiro atoms. The summed E-state index contributed by atoms with van der Waals surface area (Å²) in [6.45, 7) is 0.134. The van der Waals surface area contributed by atoms with Gasteiger partial charge in [-0.25, -0.2) is 0 Å². The Morgan fingerprint density at radius 2 is 1.78 bits per heavy atom. The van der Waals surface area contributed by atoms with E-state index in [1.54, 1.807) is 18.2 Å². The number of amides is 3. The van der Waals surface area contributed by atoms with E-state index in [-0.39, 0.29) is 54.4 Å². The van der Waals surface area contributed by atoms with E-state index in [4.69, 9.17) is 11.6 Å². The number of allylic oxidation sites excluding steroid dienone is 2. The normalized spacial score (nSPS) is 35.3. The van der Waals surface area contributed by atoms with Crippen LogP contribution in [0.3, 0.4) is 0 Å². The molecule has 0 unspecified atom stereocenters. The summed E-state index contributed by atoms with van der Waals surface area (Å²) in [6, 6.07) is 5.15. The molecule has 1 saturated heterocycles. The van der Waals surface area contributed by atoms with Crippen molar-refractivity contribution in [1.29, 1.82) is 0 Å². The maximum atomic E-state index is 12.9. The van der Waals surface area contributed by atoms with E-state index in [1.165, 1.54) is 4.90 Å².